The summed E-state index contributed by atoms with van der Waals surface area (Å²) < 4.78 is 9.62. The first-order chi connectivity index (χ1) is 6.81. The molecule has 0 aromatic carbocycles. The van der Waals surface area contributed by atoms with Crippen molar-refractivity contribution in [2.24, 2.45) is 0 Å². The molecule has 0 unspecified atom stereocenters. The zero-order valence-electron chi connectivity index (χ0n) is 7.82. The Morgan fingerprint density at radius 2 is 2.21 bits per heavy atom. The van der Waals surface area contributed by atoms with Crippen LogP contribution in [-0.2, 0) is 14.3 Å². The summed E-state index contributed by atoms with van der Waals surface area (Å²) in [4.78, 5) is 20.6. The molecular weight excluding hydrogens is 186 g/mol. The number of aldehydes is 1. The number of nitrogens with one attached hydrogen (secondary N) is 1. The Balaban J connectivity index is 3.15. The lowest BCUT2D eigenvalue weighted by Gasteiger charge is -2.04. The average molecular weight is 199 g/mol. The van der Waals surface area contributed by atoms with Crippen molar-refractivity contribution in [1.29, 1.82) is 0 Å². The molecule has 0 saturated carbocycles. The second-order valence-corrected chi connectivity index (χ2v) is 2.26. The molecule has 0 heterocycles. The highest BCUT2D eigenvalue weighted by Crippen LogP contribution is 1.81. The van der Waals surface area contributed by atoms with Crippen LogP contribution in [0.3, 0.4) is 0 Å². The summed E-state index contributed by atoms with van der Waals surface area (Å²) in [7, 11) is 0. The van der Waals surface area contributed by atoms with Gasteiger partial charge in [-0.25, -0.2) is 4.79 Å². The van der Waals surface area contributed by atoms with Crippen LogP contribution >= 0.6 is 0 Å². The molecule has 0 aromatic rings. The molecule has 1 N–H and O–H groups in total. The van der Waals surface area contributed by atoms with E-state index >= 15 is 0 Å². The van der Waals surface area contributed by atoms with Crippen molar-refractivity contribution in [2.75, 3.05) is 26.4 Å². The third-order valence-corrected chi connectivity index (χ3v) is 1.18. The molecule has 0 radical (unpaired) electrons. The number of ether oxygens (including phenoxy) is 2. The van der Waals surface area contributed by atoms with Gasteiger partial charge < -0.3 is 19.6 Å². The van der Waals surface area contributed by atoms with Crippen molar-refractivity contribution in [3.8, 4) is 12.3 Å². The number of amides is 1. The normalized spacial score (nSPS) is 8.79. The quantitative estimate of drug-likeness (QED) is 0.355. The van der Waals surface area contributed by atoms with Gasteiger partial charge in [-0.15, -0.1) is 6.42 Å². The first kappa shape index (κ1) is 12.5. The first-order valence-electron chi connectivity index (χ1n) is 4.16. The molecule has 0 atom stereocenters. The van der Waals surface area contributed by atoms with Crippen molar-refractivity contribution in [2.45, 2.75) is 6.42 Å². The van der Waals surface area contributed by atoms with Crippen LogP contribution in [0.2, 0.25) is 0 Å². The predicted molar refractivity (Wildman–Crippen MR) is 49.7 cm³/mol. The Hall–Kier alpha value is -1.54. The molecule has 0 aliphatic heterocycles. The van der Waals surface area contributed by atoms with E-state index < -0.39 is 6.09 Å². The van der Waals surface area contributed by atoms with Gasteiger partial charge in [0.25, 0.3) is 0 Å². The van der Waals surface area contributed by atoms with Crippen LogP contribution < -0.4 is 5.32 Å². The largest absolute Gasteiger partial charge is 0.447 e. The van der Waals surface area contributed by atoms with E-state index in [2.05, 4.69) is 16.0 Å². The van der Waals surface area contributed by atoms with Gasteiger partial charge in [-0.3, -0.25) is 0 Å². The average Bonchev–Trinajstić information content (AvgIpc) is 2.20. The standard InChI is InChI=1S/C9H13NO4/c1-2-4-10-9(12)14-8-7-13-6-3-5-11/h1,5H,3-4,6-8H2,(H,10,12). The minimum Gasteiger partial charge on any atom is -0.447 e. The summed E-state index contributed by atoms with van der Waals surface area (Å²) in [5, 5.41) is 2.33. The second-order valence-electron chi connectivity index (χ2n) is 2.26. The van der Waals surface area contributed by atoms with Crippen molar-refractivity contribution >= 4 is 12.4 Å². The van der Waals surface area contributed by atoms with E-state index in [0.29, 0.717) is 13.0 Å². The van der Waals surface area contributed by atoms with E-state index in [9.17, 15) is 9.59 Å². The van der Waals surface area contributed by atoms with Gasteiger partial charge >= 0.3 is 6.09 Å². The summed E-state index contributed by atoms with van der Waals surface area (Å²) in [6, 6.07) is 0. The van der Waals surface area contributed by atoms with Crippen LogP contribution in [-0.4, -0.2) is 38.7 Å². The lowest BCUT2D eigenvalue weighted by atomic mass is 10.5. The third-order valence-electron chi connectivity index (χ3n) is 1.18. The van der Waals surface area contributed by atoms with E-state index in [1.807, 2.05) is 0 Å². The van der Waals surface area contributed by atoms with E-state index in [-0.39, 0.29) is 19.8 Å². The number of hydrogen-bond acceptors (Lipinski definition) is 4. The highest BCUT2D eigenvalue weighted by Gasteiger charge is 1.98. The fourth-order valence-corrected chi connectivity index (χ4v) is 0.601. The molecule has 0 saturated heterocycles. The fraction of sp³-hybridized carbons (Fsp3) is 0.556. The Morgan fingerprint density at radius 1 is 1.43 bits per heavy atom. The number of rotatable bonds is 7. The van der Waals surface area contributed by atoms with Crippen LogP contribution in [0.25, 0.3) is 0 Å². The number of carbonyl (C=O) groups is 2. The van der Waals surface area contributed by atoms with Gasteiger partial charge in [0.2, 0.25) is 0 Å². The van der Waals surface area contributed by atoms with Gasteiger partial charge in [-0.1, -0.05) is 5.92 Å². The molecule has 14 heavy (non-hydrogen) atoms. The highest BCUT2D eigenvalue weighted by molar-refractivity contribution is 5.67. The molecule has 5 nitrogen and oxygen atoms in total. The summed E-state index contributed by atoms with van der Waals surface area (Å²) in [5.74, 6) is 2.23. The third kappa shape index (κ3) is 8.56. The summed E-state index contributed by atoms with van der Waals surface area (Å²) in [6.07, 6.45) is 5.46. The number of carbonyl (C=O) groups excluding carboxylic acids is 2. The van der Waals surface area contributed by atoms with E-state index in [1.165, 1.54) is 0 Å². The maximum Gasteiger partial charge on any atom is 0.407 e. The second kappa shape index (κ2) is 9.55. The Bertz CT molecular complexity index is 209. The SMILES string of the molecule is C#CCNC(=O)OCCOCCC=O. The maximum absolute atomic E-state index is 10.8. The smallest absolute Gasteiger partial charge is 0.407 e. The van der Waals surface area contributed by atoms with Crippen molar-refractivity contribution in [1.82, 2.24) is 5.32 Å². The first-order valence-corrected chi connectivity index (χ1v) is 4.16. The minimum atomic E-state index is -0.568. The molecule has 0 fully saturated rings. The molecule has 0 bridgehead atoms. The molecule has 0 spiro atoms. The molecule has 0 rings (SSSR count). The van der Waals surface area contributed by atoms with Crippen molar-refractivity contribution in [3.63, 3.8) is 0 Å². The zero-order chi connectivity index (χ0) is 10.6. The fourth-order valence-electron chi connectivity index (χ4n) is 0.601. The van der Waals surface area contributed by atoms with Crippen LogP contribution in [0.5, 0.6) is 0 Å². The van der Waals surface area contributed by atoms with E-state index in [0.717, 1.165) is 6.29 Å². The minimum absolute atomic E-state index is 0.144. The maximum atomic E-state index is 10.8. The van der Waals surface area contributed by atoms with Crippen molar-refractivity contribution < 1.29 is 19.1 Å². The van der Waals surface area contributed by atoms with E-state index in [1.54, 1.807) is 0 Å². The Morgan fingerprint density at radius 3 is 2.86 bits per heavy atom. The van der Waals surface area contributed by atoms with Gasteiger partial charge in [0.05, 0.1) is 19.8 Å². The van der Waals surface area contributed by atoms with Crippen LogP contribution in [0, 0.1) is 12.3 Å². The van der Waals surface area contributed by atoms with Crippen LogP contribution in [0.15, 0.2) is 0 Å². The summed E-state index contributed by atoms with van der Waals surface area (Å²) in [6.45, 7) is 0.913. The molecule has 0 aliphatic carbocycles. The highest BCUT2D eigenvalue weighted by atomic mass is 16.6. The molecule has 0 aromatic heterocycles. The van der Waals surface area contributed by atoms with E-state index in [4.69, 9.17) is 11.2 Å². The van der Waals surface area contributed by atoms with Gasteiger partial charge in [0, 0.05) is 6.42 Å². The molecule has 78 valence electrons. The summed E-state index contributed by atoms with van der Waals surface area (Å²) >= 11 is 0. The van der Waals surface area contributed by atoms with Crippen LogP contribution in [0.1, 0.15) is 6.42 Å². The number of terminal acetylenes is 1. The Labute approximate surface area is 82.8 Å². The van der Waals surface area contributed by atoms with Crippen LogP contribution in [0.4, 0.5) is 4.79 Å². The summed E-state index contributed by atoms with van der Waals surface area (Å²) in [5.41, 5.74) is 0. The molecule has 1 amide bonds. The monoisotopic (exact) mass is 199 g/mol. The number of hydrogen-bond donors (Lipinski definition) is 1. The topological polar surface area (TPSA) is 64.6 Å². The van der Waals surface area contributed by atoms with Crippen molar-refractivity contribution in [3.05, 3.63) is 0 Å². The van der Waals surface area contributed by atoms with Gasteiger partial charge in [-0.05, 0) is 0 Å². The number of alkyl carbamates (subject to hydrolysis) is 1. The van der Waals surface area contributed by atoms with Gasteiger partial charge in [0.15, 0.2) is 0 Å². The molecule has 0 aliphatic rings. The predicted octanol–water partition coefficient (Wildman–Crippen LogP) is -0.0486. The lowest BCUT2D eigenvalue weighted by molar-refractivity contribution is -0.108. The Kier molecular flexibility index (Phi) is 8.50. The zero-order valence-corrected chi connectivity index (χ0v) is 7.82. The lowest BCUT2D eigenvalue weighted by Crippen LogP contribution is -2.25. The van der Waals surface area contributed by atoms with Gasteiger partial charge in [0.1, 0.15) is 12.9 Å². The van der Waals surface area contributed by atoms with Gasteiger partial charge in [-0.2, -0.15) is 0 Å². The molecular formula is C9H13NO4. The molecule has 5 heteroatoms.